The molecule has 0 aliphatic heterocycles. The van der Waals surface area contributed by atoms with Crippen LogP contribution in [0.5, 0.6) is 0 Å². The van der Waals surface area contributed by atoms with Crippen molar-refractivity contribution in [3.63, 3.8) is 0 Å². The number of fused-ring (bicyclic) bond motifs is 1. The van der Waals surface area contributed by atoms with Gasteiger partial charge in [-0.05, 0) is 20.3 Å². The van der Waals surface area contributed by atoms with E-state index < -0.39 is 0 Å². The first-order valence-electron chi connectivity index (χ1n) is 7.80. The van der Waals surface area contributed by atoms with E-state index in [2.05, 4.69) is 48.5 Å². The van der Waals surface area contributed by atoms with Crippen molar-refractivity contribution in [2.45, 2.75) is 32.5 Å². The van der Waals surface area contributed by atoms with Gasteiger partial charge in [-0.3, -0.25) is 0 Å². The summed E-state index contributed by atoms with van der Waals surface area (Å²) in [5, 5.41) is 19.6. The van der Waals surface area contributed by atoms with Crippen LogP contribution in [0.1, 0.15) is 20.3 Å². The van der Waals surface area contributed by atoms with E-state index >= 15 is 0 Å². The quantitative estimate of drug-likeness (QED) is 0.531. The number of hydrogen-bond donors (Lipinski definition) is 2. The van der Waals surface area contributed by atoms with Gasteiger partial charge in [-0.2, -0.15) is 36.4 Å². The van der Waals surface area contributed by atoms with Crippen molar-refractivity contribution in [3.05, 3.63) is 72.8 Å². The van der Waals surface area contributed by atoms with E-state index in [4.69, 9.17) is 10.2 Å². The smallest absolute Gasteiger partial charge is 0.0536 e. The molecule has 0 fully saturated rings. The van der Waals surface area contributed by atoms with E-state index in [1.165, 1.54) is 10.8 Å². The molecule has 0 saturated heterocycles. The van der Waals surface area contributed by atoms with E-state index in [9.17, 15) is 0 Å². The summed E-state index contributed by atoms with van der Waals surface area (Å²) in [6.07, 6.45) is -0.278. The molecule has 3 rings (SSSR count). The largest absolute Gasteiger partial charge is 0.393 e. The molecule has 0 aliphatic carbocycles. The Hall–Kier alpha value is -1.51. The standard InChI is InChI=1S/C16H10.C5H12O2.Ir/c1-2-7-13(8-3-1)16-12-6-10-14-9-4-5-11-15(14)16;1-4(6)3-5(2)7;/h1-7,9-11H;4-7H,3H2,1-2H3;/q-2;;. The fourth-order valence-electron chi connectivity index (χ4n) is 2.43. The summed E-state index contributed by atoms with van der Waals surface area (Å²) in [5.74, 6) is 0. The van der Waals surface area contributed by atoms with Crippen LogP contribution in [0.15, 0.2) is 60.7 Å². The predicted molar refractivity (Wildman–Crippen MR) is 95.0 cm³/mol. The maximum absolute atomic E-state index is 8.56. The van der Waals surface area contributed by atoms with E-state index in [0.29, 0.717) is 6.42 Å². The molecule has 0 spiro atoms. The minimum atomic E-state index is -0.375. The van der Waals surface area contributed by atoms with Crippen molar-refractivity contribution in [1.82, 2.24) is 0 Å². The molecule has 1 radical (unpaired) electrons. The number of benzene rings is 3. The molecule has 0 aromatic heterocycles. The second kappa shape index (κ2) is 10.4. The SMILES string of the molecule is CC(O)CC(C)O.[Ir].[c-]1ccccc1-c1[c-]ccc2ccccc12. The van der Waals surface area contributed by atoms with Gasteiger partial charge in [-0.25, -0.2) is 11.1 Å². The molecule has 3 aromatic carbocycles. The van der Waals surface area contributed by atoms with Crippen LogP contribution in [-0.2, 0) is 20.1 Å². The first kappa shape index (κ1) is 20.5. The molecule has 2 N–H and O–H groups in total. The molecule has 3 aromatic rings. The minimum Gasteiger partial charge on any atom is -0.393 e. The molecule has 24 heavy (non-hydrogen) atoms. The predicted octanol–water partition coefficient (Wildman–Crippen LogP) is 4.24. The molecule has 129 valence electrons. The van der Waals surface area contributed by atoms with Crippen LogP contribution >= 0.6 is 0 Å². The Labute approximate surface area is 157 Å². The number of rotatable bonds is 3. The van der Waals surface area contributed by atoms with E-state index in [-0.39, 0.29) is 32.3 Å². The zero-order chi connectivity index (χ0) is 16.7. The van der Waals surface area contributed by atoms with Gasteiger partial charge in [0.05, 0.1) is 12.2 Å². The Balaban J connectivity index is 0.000000312. The monoisotopic (exact) mass is 499 g/mol. The van der Waals surface area contributed by atoms with Gasteiger partial charge in [0.25, 0.3) is 0 Å². The first-order valence-corrected chi connectivity index (χ1v) is 7.80. The summed E-state index contributed by atoms with van der Waals surface area (Å²) in [6.45, 7) is 3.32. The van der Waals surface area contributed by atoms with Crippen molar-refractivity contribution in [2.75, 3.05) is 0 Å². The molecule has 2 nitrogen and oxygen atoms in total. The topological polar surface area (TPSA) is 40.5 Å². The zero-order valence-electron chi connectivity index (χ0n) is 13.9. The third-order valence-corrected chi connectivity index (χ3v) is 3.38. The third-order valence-electron chi connectivity index (χ3n) is 3.38. The van der Waals surface area contributed by atoms with Crippen molar-refractivity contribution >= 4 is 10.8 Å². The van der Waals surface area contributed by atoms with Crippen molar-refractivity contribution < 1.29 is 30.3 Å². The molecule has 0 aliphatic rings. The molecule has 2 unspecified atom stereocenters. The number of hydrogen-bond acceptors (Lipinski definition) is 2. The summed E-state index contributed by atoms with van der Waals surface area (Å²) in [7, 11) is 0. The summed E-state index contributed by atoms with van der Waals surface area (Å²) in [4.78, 5) is 0. The average molecular weight is 499 g/mol. The fourth-order valence-corrected chi connectivity index (χ4v) is 2.43. The van der Waals surface area contributed by atoms with Crippen molar-refractivity contribution in [3.8, 4) is 11.1 Å². The molecular formula is C21H22IrO2-2. The van der Waals surface area contributed by atoms with Gasteiger partial charge in [0.15, 0.2) is 0 Å². The van der Waals surface area contributed by atoms with E-state index in [0.717, 1.165) is 11.1 Å². The van der Waals surface area contributed by atoms with Gasteiger partial charge in [0, 0.05) is 20.1 Å². The Morgan fingerprint density at radius 3 is 2.08 bits per heavy atom. The van der Waals surface area contributed by atoms with Crippen LogP contribution in [0.3, 0.4) is 0 Å². The molecule has 0 saturated carbocycles. The van der Waals surface area contributed by atoms with Crippen LogP contribution in [0.4, 0.5) is 0 Å². The van der Waals surface area contributed by atoms with Crippen LogP contribution in [0, 0.1) is 12.1 Å². The molecule has 3 heteroatoms. The zero-order valence-corrected chi connectivity index (χ0v) is 16.3. The van der Waals surface area contributed by atoms with Gasteiger partial charge in [0.1, 0.15) is 0 Å². The Morgan fingerprint density at radius 1 is 0.833 bits per heavy atom. The first-order chi connectivity index (χ1) is 11.1. The van der Waals surface area contributed by atoms with Gasteiger partial charge < -0.3 is 10.2 Å². The molecule has 0 heterocycles. The van der Waals surface area contributed by atoms with Gasteiger partial charge >= 0.3 is 0 Å². The average Bonchev–Trinajstić information content (AvgIpc) is 2.54. The summed E-state index contributed by atoms with van der Waals surface area (Å²) < 4.78 is 0. The molecule has 2 atom stereocenters. The fraction of sp³-hybridized carbons (Fsp3) is 0.238. The van der Waals surface area contributed by atoms with Crippen LogP contribution in [0.2, 0.25) is 0 Å². The van der Waals surface area contributed by atoms with Gasteiger partial charge in [-0.15, -0.1) is 29.0 Å². The van der Waals surface area contributed by atoms with Crippen LogP contribution < -0.4 is 0 Å². The molecule has 0 bridgehead atoms. The van der Waals surface area contributed by atoms with Crippen molar-refractivity contribution in [1.29, 1.82) is 0 Å². The van der Waals surface area contributed by atoms with Crippen LogP contribution in [-0.4, -0.2) is 22.4 Å². The molecular weight excluding hydrogens is 476 g/mol. The summed E-state index contributed by atoms with van der Waals surface area (Å²) in [6, 6.07) is 27.0. The summed E-state index contributed by atoms with van der Waals surface area (Å²) in [5.41, 5.74) is 2.22. The number of aliphatic hydroxyl groups excluding tert-OH is 2. The second-order valence-electron chi connectivity index (χ2n) is 5.65. The number of aliphatic hydroxyl groups is 2. The summed E-state index contributed by atoms with van der Waals surface area (Å²) >= 11 is 0. The maximum atomic E-state index is 8.56. The van der Waals surface area contributed by atoms with E-state index in [1.807, 2.05) is 24.3 Å². The van der Waals surface area contributed by atoms with Crippen molar-refractivity contribution in [2.24, 2.45) is 0 Å². The Morgan fingerprint density at radius 2 is 1.50 bits per heavy atom. The van der Waals surface area contributed by atoms with Gasteiger partial charge in [0.2, 0.25) is 0 Å². The van der Waals surface area contributed by atoms with Crippen LogP contribution in [0.25, 0.3) is 21.9 Å². The Bertz CT molecular complexity index is 713. The normalized spacial score (nSPS) is 12.5. The maximum Gasteiger partial charge on any atom is 0.0536 e. The second-order valence-corrected chi connectivity index (χ2v) is 5.65. The Kier molecular flexibility index (Phi) is 8.88. The molecule has 0 amide bonds. The van der Waals surface area contributed by atoms with Gasteiger partial charge in [-0.1, -0.05) is 18.2 Å². The minimum absolute atomic E-state index is 0. The third kappa shape index (κ3) is 6.18. The van der Waals surface area contributed by atoms with E-state index in [1.54, 1.807) is 13.8 Å².